The molecular formula is C20H18ClFN2S. The van der Waals surface area contributed by atoms with Crippen LogP contribution in [-0.4, -0.2) is 11.2 Å². The third-order valence-electron chi connectivity index (χ3n) is 4.42. The van der Waals surface area contributed by atoms with Gasteiger partial charge in [0.2, 0.25) is 0 Å². The van der Waals surface area contributed by atoms with E-state index in [1.165, 1.54) is 6.07 Å². The Morgan fingerprint density at radius 1 is 1.24 bits per heavy atom. The molecule has 0 amide bonds. The van der Waals surface area contributed by atoms with Crippen LogP contribution in [0.2, 0.25) is 5.02 Å². The molecule has 0 aliphatic heterocycles. The summed E-state index contributed by atoms with van der Waals surface area (Å²) in [6, 6.07) is 13.3. The van der Waals surface area contributed by atoms with Crippen molar-refractivity contribution in [1.29, 1.82) is 5.26 Å². The smallest absolute Gasteiger partial charge is 0.129 e. The van der Waals surface area contributed by atoms with Gasteiger partial charge in [-0.05, 0) is 48.1 Å². The molecule has 25 heavy (non-hydrogen) atoms. The van der Waals surface area contributed by atoms with Crippen LogP contribution in [-0.2, 0) is 5.75 Å². The highest BCUT2D eigenvalue weighted by Gasteiger charge is 2.20. The topological polar surface area (TPSA) is 39.6 Å². The van der Waals surface area contributed by atoms with Gasteiger partial charge in [0.1, 0.15) is 5.82 Å². The Morgan fingerprint density at radius 3 is 2.68 bits per heavy atom. The minimum atomic E-state index is -0.185. The Bertz CT molecular complexity index is 912. The van der Waals surface area contributed by atoms with E-state index in [0.29, 0.717) is 29.2 Å². The first-order valence-electron chi connectivity index (χ1n) is 8.05. The Labute approximate surface area is 156 Å². The van der Waals surface area contributed by atoms with Crippen molar-refractivity contribution in [3.63, 3.8) is 0 Å². The average Bonchev–Trinajstić information content (AvgIpc) is 3.03. The Kier molecular flexibility index (Phi) is 5.67. The molecule has 1 atom stereocenters. The van der Waals surface area contributed by atoms with E-state index in [-0.39, 0.29) is 11.7 Å². The van der Waals surface area contributed by atoms with Crippen LogP contribution >= 0.6 is 23.4 Å². The van der Waals surface area contributed by atoms with E-state index < -0.39 is 0 Å². The maximum absolute atomic E-state index is 14.2. The minimum Gasteiger partial charge on any atom is -0.361 e. The van der Waals surface area contributed by atoms with Crippen molar-refractivity contribution in [2.45, 2.75) is 24.5 Å². The summed E-state index contributed by atoms with van der Waals surface area (Å²) in [5.74, 6) is 0.501. The summed E-state index contributed by atoms with van der Waals surface area (Å²) in [6.45, 7) is 0. The fraction of sp³-hybridized carbons (Fsp3) is 0.250. The monoisotopic (exact) mass is 372 g/mol. The third kappa shape index (κ3) is 3.68. The molecule has 0 bridgehead atoms. The van der Waals surface area contributed by atoms with Crippen molar-refractivity contribution in [3.8, 4) is 6.07 Å². The van der Waals surface area contributed by atoms with Crippen LogP contribution < -0.4 is 0 Å². The molecule has 1 unspecified atom stereocenters. The molecule has 2 aromatic carbocycles. The molecule has 0 saturated carbocycles. The lowest BCUT2D eigenvalue weighted by Gasteiger charge is -2.16. The van der Waals surface area contributed by atoms with Gasteiger partial charge >= 0.3 is 0 Å². The summed E-state index contributed by atoms with van der Waals surface area (Å²) >= 11 is 7.61. The van der Waals surface area contributed by atoms with E-state index in [4.69, 9.17) is 16.9 Å². The number of aromatic nitrogens is 1. The lowest BCUT2D eigenvalue weighted by atomic mass is 9.87. The highest BCUT2D eigenvalue weighted by Crippen LogP contribution is 2.36. The van der Waals surface area contributed by atoms with Gasteiger partial charge in [-0.3, -0.25) is 0 Å². The number of thioether (sulfide) groups is 1. The molecule has 1 N–H and O–H groups in total. The van der Waals surface area contributed by atoms with Crippen molar-refractivity contribution < 1.29 is 4.39 Å². The number of nitriles is 1. The van der Waals surface area contributed by atoms with E-state index >= 15 is 0 Å². The lowest BCUT2D eigenvalue weighted by molar-refractivity contribution is 0.619. The maximum Gasteiger partial charge on any atom is 0.129 e. The standard InChI is InChI=1S/C20H18ClFN2S/c1-25-12-18-19(22)9-8-16-17(11-24-20(16)18)15(3-2-10-23)13-4-6-14(21)7-5-13/h4-9,11,15,24H,2-3,12H2,1H3. The summed E-state index contributed by atoms with van der Waals surface area (Å²) in [5.41, 5.74) is 3.75. The molecule has 128 valence electrons. The van der Waals surface area contributed by atoms with Crippen molar-refractivity contribution in [3.05, 3.63) is 70.1 Å². The zero-order valence-corrected chi connectivity index (χ0v) is 15.4. The van der Waals surface area contributed by atoms with Crippen molar-refractivity contribution in [1.82, 2.24) is 4.98 Å². The highest BCUT2D eigenvalue weighted by molar-refractivity contribution is 7.97. The second-order valence-corrected chi connectivity index (χ2v) is 7.23. The van der Waals surface area contributed by atoms with Crippen LogP contribution in [0.3, 0.4) is 0 Å². The number of nitrogens with zero attached hydrogens (tertiary/aromatic N) is 1. The number of benzene rings is 2. The van der Waals surface area contributed by atoms with Crippen LogP contribution in [0.25, 0.3) is 10.9 Å². The van der Waals surface area contributed by atoms with Gasteiger partial charge in [-0.25, -0.2) is 4.39 Å². The number of nitrogens with one attached hydrogen (secondary N) is 1. The van der Waals surface area contributed by atoms with Crippen LogP contribution in [0.5, 0.6) is 0 Å². The van der Waals surface area contributed by atoms with Gasteiger partial charge in [0, 0.05) is 40.3 Å². The highest BCUT2D eigenvalue weighted by atomic mass is 35.5. The van der Waals surface area contributed by atoms with Gasteiger partial charge in [0.15, 0.2) is 0 Å². The number of aromatic amines is 1. The van der Waals surface area contributed by atoms with E-state index in [2.05, 4.69) is 11.1 Å². The van der Waals surface area contributed by atoms with Gasteiger partial charge < -0.3 is 4.98 Å². The number of fused-ring (bicyclic) bond motifs is 1. The van der Waals surface area contributed by atoms with Gasteiger partial charge in [0.05, 0.1) is 11.6 Å². The van der Waals surface area contributed by atoms with Gasteiger partial charge in [-0.15, -0.1) is 0 Å². The lowest BCUT2D eigenvalue weighted by Crippen LogP contribution is -2.00. The number of hydrogen-bond acceptors (Lipinski definition) is 2. The summed E-state index contributed by atoms with van der Waals surface area (Å²) in [4.78, 5) is 3.26. The average molecular weight is 373 g/mol. The predicted molar refractivity (Wildman–Crippen MR) is 104 cm³/mol. The zero-order chi connectivity index (χ0) is 17.8. The summed E-state index contributed by atoms with van der Waals surface area (Å²) in [5, 5.41) is 10.7. The SMILES string of the molecule is CSCc1c(F)ccc2c(C(CCC#N)c3ccc(Cl)cc3)c[nH]c12. The quantitative estimate of drug-likeness (QED) is 0.554. The molecule has 1 heterocycles. The molecule has 3 aromatic rings. The molecular weight excluding hydrogens is 355 g/mol. The molecule has 0 aliphatic rings. The molecule has 3 rings (SSSR count). The second-order valence-electron chi connectivity index (χ2n) is 5.93. The third-order valence-corrected chi connectivity index (χ3v) is 5.25. The van der Waals surface area contributed by atoms with E-state index in [9.17, 15) is 4.39 Å². The number of halogens is 2. The maximum atomic E-state index is 14.2. The number of hydrogen-bond donors (Lipinski definition) is 1. The first kappa shape index (κ1) is 17.8. The summed E-state index contributed by atoms with van der Waals surface area (Å²) in [6.07, 6.45) is 5.08. The molecule has 2 nitrogen and oxygen atoms in total. The molecule has 0 radical (unpaired) electrons. The second kappa shape index (κ2) is 7.95. The largest absolute Gasteiger partial charge is 0.361 e. The first-order valence-corrected chi connectivity index (χ1v) is 9.82. The van der Waals surface area contributed by atoms with Crippen LogP contribution in [0.15, 0.2) is 42.6 Å². The van der Waals surface area contributed by atoms with Gasteiger partial charge in [0.25, 0.3) is 0 Å². The number of rotatable bonds is 6. The molecule has 0 aliphatic carbocycles. The predicted octanol–water partition coefficient (Wildman–Crippen LogP) is 6.26. The summed E-state index contributed by atoms with van der Waals surface area (Å²) < 4.78 is 14.2. The molecule has 0 fully saturated rings. The fourth-order valence-corrected chi connectivity index (χ4v) is 3.93. The number of H-pyrrole nitrogens is 1. The molecule has 0 spiro atoms. The van der Waals surface area contributed by atoms with Crippen LogP contribution in [0.4, 0.5) is 4.39 Å². The minimum absolute atomic E-state index is 0.0678. The molecule has 1 aromatic heterocycles. The zero-order valence-electron chi connectivity index (χ0n) is 13.9. The van der Waals surface area contributed by atoms with Crippen LogP contribution in [0, 0.1) is 17.1 Å². The van der Waals surface area contributed by atoms with Crippen molar-refractivity contribution in [2.75, 3.05) is 6.26 Å². The first-order chi connectivity index (χ1) is 12.2. The van der Waals surface area contributed by atoms with Gasteiger partial charge in [-0.2, -0.15) is 17.0 Å². The summed E-state index contributed by atoms with van der Waals surface area (Å²) in [7, 11) is 0. The Balaban J connectivity index is 2.11. The van der Waals surface area contributed by atoms with E-state index in [1.807, 2.05) is 42.8 Å². The van der Waals surface area contributed by atoms with Crippen LogP contribution in [0.1, 0.15) is 35.4 Å². The fourth-order valence-electron chi connectivity index (χ4n) is 3.23. The molecule has 5 heteroatoms. The van der Waals surface area contributed by atoms with Gasteiger partial charge in [-0.1, -0.05) is 23.7 Å². The normalized spacial score (nSPS) is 12.2. The Morgan fingerprint density at radius 2 is 2.00 bits per heavy atom. The molecule has 0 saturated heterocycles. The van der Waals surface area contributed by atoms with E-state index in [1.54, 1.807) is 11.8 Å². The van der Waals surface area contributed by atoms with Crippen molar-refractivity contribution >= 4 is 34.3 Å². The Hall–Kier alpha value is -1.96. The van der Waals surface area contributed by atoms with E-state index in [0.717, 1.165) is 22.0 Å². The van der Waals surface area contributed by atoms with Crippen molar-refractivity contribution in [2.24, 2.45) is 0 Å².